The van der Waals surface area contributed by atoms with Gasteiger partial charge in [0.2, 0.25) is 11.7 Å². The molecule has 2 aliphatic rings. The Bertz CT molecular complexity index is 1230. The molecule has 0 amide bonds. The van der Waals surface area contributed by atoms with Crippen molar-refractivity contribution in [3.63, 3.8) is 0 Å². The lowest BCUT2D eigenvalue weighted by atomic mass is 9.83. The summed E-state index contributed by atoms with van der Waals surface area (Å²) in [7, 11) is -3.29. The molecule has 1 aromatic heterocycles. The number of likely N-dealkylation sites (tertiary alicyclic amines) is 1. The van der Waals surface area contributed by atoms with E-state index in [0.29, 0.717) is 43.3 Å². The first-order valence-corrected chi connectivity index (χ1v) is 12.7. The Morgan fingerprint density at radius 2 is 1.85 bits per heavy atom. The average Bonchev–Trinajstić information content (AvgIpc) is 3.32. The maximum absolute atomic E-state index is 13.2. The lowest BCUT2D eigenvalue weighted by Gasteiger charge is -2.49. The van der Waals surface area contributed by atoms with Crippen LogP contribution in [-0.4, -0.2) is 53.2 Å². The van der Waals surface area contributed by atoms with Crippen molar-refractivity contribution in [2.45, 2.75) is 43.6 Å². The normalized spacial score (nSPS) is 21.4. The first-order valence-electron chi connectivity index (χ1n) is 11.1. The van der Waals surface area contributed by atoms with Crippen LogP contribution in [-0.2, 0) is 16.4 Å². The van der Waals surface area contributed by atoms with Crippen molar-refractivity contribution in [3.8, 4) is 17.1 Å². The highest BCUT2D eigenvalue weighted by atomic mass is 32.2. The highest BCUT2D eigenvalue weighted by molar-refractivity contribution is 7.93. The van der Waals surface area contributed by atoms with E-state index >= 15 is 0 Å². The number of benzene rings is 2. The molecule has 174 valence electrons. The first-order chi connectivity index (χ1) is 15.8. The van der Waals surface area contributed by atoms with Crippen molar-refractivity contribution in [3.05, 3.63) is 65.8 Å². The van der Waals surface area contributed by atoms with Gasteiger partial charge in [-0.2, -0.15) is 4.98 Å². The molecule has 2 aliphatic heterocycles. The van der Waals surface area contributed by atoms with Gasteiger partial charge in [-0.25, -0.2) is 12.8 Å². The van der Waals surface area contributed by atoms with Crippen LogP contribution < -0.4 is 4.74 Å². The van der Waals surface area contributed by atoms with Crippen LogP contribution in [0.1, 0.15) is 37.6 Å². The highest BCUT2D eigenvalue weighted by Gasteiger charge is 2.63. The largest absolute Gasteiger partial charge is 0.491 e. The summed E-state index contributed by atoms with van der Waals surface area (Å²) in [6.07, 6.45) is 0.575. The third-order valence-electron chi connectivity index (χ3n) is 6.46. The van der Waals surface area contributed by atoms with Crippen LogP contribution in [0, 0.1) is 5.82 Å². The summed E-state index contributed by atoms with van der Waals surface area (Å²) >= 11 is 0. The van der Waals surface area contributed by atoms with Crippen molar-refractivity contribution >= 4 is 9.84 Å². The van der Waals surface area contributed by atoms with Crippen LogP contribution in [0.25, 0.3) is 11.4 Å². The Kier molecular flexibility index (Phi) is 5.49. The molecule has 0 radical (unpaired) electrons. The van der Waals surface area contributed by atoms with Crippen LogP contribution in [0.2, 0.25) is 0 Å². The smallest absolute Gasteiger partial charge is 0.231 e. The van der Waals surface area contributed by atoms with Crippen molar-refractivity contribution in [2.24, 2.45) is 0 Å². The lowest BCUT2D eigenvalue weighted by molar-refractivity contribution is 0.0899. The molecule has 2 saturated heterocycles. The monoisotopic (exact) mass is 471 g/mol. The minimum absolute atomic E-state index is 0.112. The van der Waals surface area contributed by atoms with Crippen LogP contribution >= 0.6 is 0 Å². The Morgan fingerprint density at radius 3 is 2.52 bits per heavy atom. The quantitative estimate of drug-likeness (QED) is 0.540. The van der Waals surface area contributed by atoms with Gasteiger partial charge >= 0.3 is 0 Å². The van der Waals surface area contributed by atoms with E-state index in [2.05, 4.69) is 15.0 Å². The molecular formula is C24H26FN3O4S. The number of ether oxygens (including phenoxy) is 1. The summed E-state index contributed by atoms with van der Waals surface area (Å²) in [6, 6.07) is 13.7. The molecule has 0 saturated carbocycles. The third kappa shape index (κ3) is 4.04. The standard InChI is InChI=1S/C24H26FN3O4S/c1-16(2)31-20-9-3-17(4-10-20)13-28-14-24(15-28)21(11-12-33(24,29)30)23-26-22(27-32-23)18-5-7-19(25)8-6-18/h3-10,16,21H,11-15H2,1-2H3. The fourth-order valence-electron chi connectivity index (χ4n) is 4.84. The van der Waals surface area contributed by atoms with Gasteiger partial charge in [0.25, 0.3) is 0 Å². The van der Waals surface area contributed by atoms with Crippen LogP contribution in [0.5, 0.6) is 5.75 Å². The molecule has 7 nitrogen and oxygen atoms in total. The Balaban J connectivity index is 1.31. The number of hydrogen-bond donors (Lipinski definition) is 0. The minimum atomic E-state index is -3.29. The van der Waals surface area contributed by atoms with Gasteiger partial charge in [-0.1, -0.05) is 17.3 Å². The van der Waals surface area contributed by atoms with Gasteiger partial charge in [-0.3, -0.25) is 4.90 Å². The fourth-order valence-corrected chi connectivity index (χ4v) is 7.20. The Morgan fingerprint density at radius 1 is 1.15 bits per heavy atom. The van der Waals surface area contributed by atoms with Gasteiger partial charge in [0.15, 0.2) is 9.84 Å². The zero-order chi connectivity index (χ0) is 23.2. The molecule has 2 aromatic carbocycles. The maximum Gasteiger partial charge on any atom is 0.231 e. The number of hydrogen-bond acceptors (Lipinski definition) is 7. The van der Waals surface area contributed by atoms with Crippen molar-refractivity contribution in [2.75, 3.05) is 18.8 Å². The molecule has 3 heterocycles. The Labute approximate surface area is 192 Å². The van der Waals surface area contributed by atoms with E-state index in [1.54, 1.807) is 12.1 Å². The Hall–Kier alpha value is -2.78. The van der Waals surface area contributed by atoms with E-state index in [9.17, 15) is 12.8 Å². The minimum Gasteiger partial charge on any atom is -0.491 e. The second-order valence-electron chi connectivity index (χ2n) is 9.14. The number of nitrogens with zero attached hydrogens (tertiary/aromatic N) is 3. The van der Waals surface area contributed by atoms with Crippen molar-refractivity contribution < 1.29 is 22.1 Å². The highest BCUT2D eigenvalue weighted by Crippen LogP contribution is 2.50. The molecule has 1 atom stereocenters. The first kappa shape index (κ1) is 22.0. The van der Waals surface area contributed by atoms with Crippen molar-refractivity contribution in [1.82, 2.24) is 15.0 Å². The lowest BCUT2D eigenvalue weighted by Crippen LogP contribution is -2.65. The molecular weight excluding hydrogens is 445 g/mol. The molecule has 3 aromatic rings. The number of aromatic nitrogens is 2. The molecule has 1 unspecified atom stereocenters. The molecule has 0 N–H and O–H groups in total. The van der Waals surface area contributed by atoms with Gasteiger partial charge < -0.3 is 9.26 Å². The molecule has 0 bridgehead atoms. The fraction of sp³-hybridized carbons (Fsp3) is 0.417. The third-order valence-corrected chi connectivity index (χ3v) is 9.01. The second kappa shape index (κ2) is 8.22. The summed E-state index contributed by atoms with van der Waals surface area (Å²) in [6.45, 7) is 5.49. The summed E-state index contributed by atoms with van der Waals surface area (Å²) < 4.78 is 49.6. The molecule has 1 spiro atoms. The molecule has 33 heavy (non-hydrogen) atoms. The maximum atomic E-state index is 13.2. The predicted octanol–water partition coefficient (Wildman–Crippen LogP) is 3.82. The predicted molar refractivity (Wildman–Crippen MR) is 121 cm³/mol. The molecule has 0 aliphatic carbocycles. The van der Waals surface area contributed by atoms with E-state index in [-0.39, 0.29) is 23.6 Å². The summed E-state index contributed by atoms with van der Waals surface area (Å²) in [4.78, 5) is 6.61. The number of sulfone groups is 1. The van der Waals surface area contributed by atoms with Gasteiger partial charge in [0.1, 0.15) is 16.3 Å². The summed E-state index contributed by atoms with van der Waals surface area (Å²) in [5, 5.41) is 4.02. The molecule has 5 rings (SSSR count). The van der Waals surface area contributed by atoms with E-state index in [1.807, 2.05) is 38.1 Å². The van der Waals surface area contributed by atoms with Gasteiger partial charge in [-0.05, 0) is 62.2 Å². The second-order valence-corrected chi connectivity index (χ2v) is 11.6. The SMILES string of the molecule is CC(C)Oc1ccc(CN2CC3(C2)C(c2nc(-c4ccc(F)cc4)no2)CCS3(=O)=O)cc1. The van der Waals surface area contributed by atoms with E-state index in [1.165, 1.54) is 12.1 Å². The topological polar surface area (TPSA) is 85.5 Å². The van der Waals surface area contributed by atoms with Gasteiger partial charge in [-0.15, -0.1) is 0 Å². The van der Waals surface area contributed by atoms with Gasteiger partial charge in [0.05, 0.1) is 17.8 Å². The van der Waals surface area contributed by atoms with E-state index in [0.717, 1.165) is 11.3 Å². The van der Waals surface area contributed by atoms with E-state index in [4.69, 9.17) is 9.26 Å². The average molecular weight is 472 g/mol. The summed E-state index contributed by atoms with van der Waals surface area (Å²) in [5.41, 5.74) is 1.73. The van der Waals surface area contributed by atoms with Crippen LogP contribution in [0.4, 0.5) is 4.39 Å². The van der Waals surface area contributed by atoms with Crippen LogP contribution in [0.3, 0.4) is 0 Å². The zero-order valence-corrected chi connectivity index (χ0v) is 19.4. The van der Waals surface area contributed by atoms with E-state index < -0.39 is 14.6 Å². The molecule has 2 fully saturated rings. The van der Waals surface area contributed by atoms with Crippen molar-refractivity contribution in [1.29, 1.82) is 0 Å². The zero-order valence-electron chi connectivity index (χ0n) is 18.6. The number of rotatable bonds is 6. The summed E-state index contributed by atoms with van der Waals surface area (Å²) in [5.74, 6) is 0.915. The molecule has 9 heteroatoms. The van der Waals surface area contributed by atoms with Crippen LogP contribution in [0.15, 0.2) is 53.1 Å². The number of halogens is 1. The van der Waals surface area contributed by atoms with Gasteiger partial charge in [0, 0.05) is 25.2 Å².